The van der Waals surface area contributed by atoms with Crippen LogP contribution in [0.1, 0.15) is 19.4 Å². The Morgan fingerprint density at radius 1 is 1.35 bits per heavy atom. The lowest BCUT2D eigenvalue weighted by molar-refractivity contribution is -0.123. The zero-order valence-corrected chi connectivity index (χ0v) is 11.6. The van der Waals surface area contributed by atoms with Gasteiger partial charge in [-0.3, -0.25) is 9.78 Å². The predicted octanol–water partition coefficient (Wildman–Crippen LogP) is 1.67. The molecule has 0 saturated carbocycles. The summed E-state index contributed by atoms with van der Waals surface area (Å²) in [6.07, 6.45) is 3.31. The van der Waals surface area contributed by atoms with Crippen LogP contribution in [0.4, 0.5) is 0 Å². The zero-order valence-electron chi connectivity index (χ0n) is 11.6. The second kappa shape index (κ2) is 6.25. The largest absolute Gasteiger partial charge is 0.320 e. The van der Waals surface area contributed by atoms with Gasteiger partial charge in [-0.25, -0.2) is 5.43 Å². The van der Waals surface area contributed by atoms with Gasteiger partial charge in [0.25, 0.3) is 5.91 Å². The summed E-state index contributed by atoms with van der Waals surface area (Å²) in [6.45, 7) is 3.78. The van der Waals surface area contributed by atoms with Crippen molar-refractivity contribution in [1.82, 2.24) is 10.4 Å². The summed E-state index contributed by atoms with van der Waals surface area (Å²) in [7, 11) is 0. The third-order valence-electron chi connectivity index (χ3n) is 3.06. The molecule has 5 nitrogen and oxygen atoms in total. The molecule has 1 heterocycles. The number of fused-ring (bicyclic) bond motifs is 1. The summed E-state index contributed by atoms with van der Waals surface area (Å²) in [4.78, 5) is 16.0. The monoisotopic (exact) mass is 270 g/mol. The number of nitrogens with two attached hydrogens (primary N) is 1. The summed E-state index contributed by atoms with van der Waals surface area (Å²) in [6, 6.07) is 9.10. The molecular formula is C15H18N4O. The van der Waals surface area contributed by atoms with Gasteiger partial charge >= 0.3 is 0 Å². The number of carbonyl (C=O) groups is 1. The van der Waals surface area contributed by atoms with E-state index in [0.717, 1.165) is 16.5 Å². The molecule has 3 N–H and O–H groups in total. The number of hydrogen-bond acceptors (Lipinski definition) is 4. The molecule has 104 valence electrons. The fourth-order valence-electron chi connectivity index (χ4n) is 1.77. The zero-order chi connectivity index (χ0) is 14.5. The lowest BCUT2D eigenvalue weighted by Gasteiger charge is -2.12. The van der Waals surface area contributed by atoms with Crippen LogP contribution in [-0.4, -0.2) is 23.1 Å². The molecule has 2 rings (SSSR count). The molecule has 0 spiro atoms. The van der Waals surface area contributed by atoms with E-state index in [1.54, 1.807) is 12.4 Å². The Hall–Kier alpha value is -2.27. The van der Waals surface area contributed by atoms with E-state index in [2.05, 4.69) is 15.5 Å². The summed E-state index contributed by atoms with van der Waals surface area (Å²) < 4.78 is 0. The van der Waals surface area contributed by atoms with E-state index < -0.39 is 6.04 Å². The molecule has 0 unspecified atom stereocenters. The first-order chi connectivity index (χ1) is 9.59. The van der Waals surface area contributed by atoms with Crippen LogP contribution in [0, 0.1) is 5.92 Å². The molecule has 1 aromatic heterocycles. The van der Waals surface area contributed by atoms with Gasteiger partial charge in [0.15, 0.2) is 0 Å². The lowest BCUT2D eigenvalue weighted by Crippen LogP contribution is -2.42. The number of hydrazone groups is 1. The van der Waals surface area contributed by atoms with Gasteiger partial charge in [0, 0.05) is 17.1 Å². The van der Waals surface area contributed by atoms with Gasteiger partial charge in [-0.15, -0.1) is 0 Å². The highest BCUT2D eigenvalue weighted by molar-refractivity contribution is 5.97. The first-order valence-electron chi connectivity index (χ1n) is 6.52. The van der Waals surface area contributed by atoms with Crippen molar-refractivity contribution in [2.45, 2.75) is 19.9 Å². The Morgan fingerprint density at radius 3 is 2.85 bits per heavy atom. The molecule has 0 radical (unpaired) electrons. The maximum Gasteiger partial charge on any atom is 0.257 e. The molecule has 0 aliphatic heterocycles. The molecule has 1 aromatic carbocycles. The Kier molecular flexibility index (Phi) is 4.42. The van der Waals surface area contributed by atoms with Crippen molar-refractivity contribution in [3.63, 3.8) is 0 Å². The Morgan fingerprint density at radius 2 is 2.10 bits per heavy atom. The van der Waals surface area contributed by atoms with E-state index in [1.807, 2.05) is 44.2 Å². The second-order valence-corrected chi connectivity index (χ2v) is 4.93. The van der Waals surface area contributed by atoms with Crippen LogP contribution in [0.2, 0.25) is 0 Å². The van der Waals surface area contributed by atoms with Crippen LogP contribution < -0.4 is 11.2 Å². The smallest absolute Gasteiger partial charge is 0.257 e. The number of nitrogens with one attached hydrogen (secondary N) is 1. The number of nitrogens with zero attached hydrogens (tertiary/aromatic N) is 2. The lowest BCUT2D eigenvalue weighted by atomic mass is 10.1. The van der Waals surface area contributed by atoms with Gasteiger partial charge in [-0.2, -0.15) is 5.10 Å². The van der Waals surface area contributed by atoms with Gasteiger partial charge in [0.2, 0.25) is 0 Å². The SMILES string of the molecule is CC(C)[C@@H](N)C(=O)NN=Cc1cccc2cccnc12. The topological polar surface area (TPSA) is 80.4 Å². The van der Waals surface area contributed by atoms with Crippen molar-refractivity contribution in [3.05, 3.63) is 42.1 Å². The number of benzene rings is 1. The van der Waals surface area contributed by atoms with Crippen molar-refractivity contribution < 1.29 is 4.79 Å². The summed E-state index contributed by atoms with van der Waals surface area (Å²) in [5, 5.41) is 4.98. The Labute approximate surface area is 117 Å². The summed E-state index contributed by atoms with van der Waals surface area (Å²) >= 11 is 0. The molecular weight excluding hydrogens is 252 g/mol. The highest BCUT2D eigenvalue weighted by Gasteiger charge is 2.16. The van der Waals surface area contributed by atoms with Crippen LogP contribution in [0.5, 0.6) is 0 Å². The molecule has 0 fully saturated rings. The van der Waals surface area contributed by atoms with Crippen molar-refractivity contribution in [1.29, 1.82) is 0 Å². The van der Waals surface area contributed by atoms with Crippen molar-refractivity contribution >= 4 is 23.0 Å². The van der Waals surface area contributed by atoms with Crippen molar-refractivity contribution in [2.24, 2.45) is 16.8 Å². The molecule has 20 heavy (non-hydrogen) atoms. The van der Waals surface area contributed by atoms with Crippen LogP contribution in [0.25, 0.3) is 10.9 Å². The van der Waals surface area contributed by atoms with E-state index in [-0.39, 0.29) is 11.8 Å². The minimum atomic E-state index is -0.558. The third-order valence-corrected chi connectivity index (χ3v) is 3.06. The molecule has 0 saturated heterocycles. The fraction of sp³-hybridized carbons (Fsp3) is 0.267. The normalized spacial score (nSPS) is 13.0. The molecule has 0 aliphatic carbocycles. The Balaban J connectivity index is 2.13. The van der Waals surface area contributed by atoms with Crippen molar-refractivity contribution in [2.75, 3.05) is 0 Å². The number of hydrogen-bond donors (Lipinski definition) is 2. The van der Waals surface area contributed by atoms with Crippen LogP contribution in [-0.2, 0) is 4.79 Å². The van der Waals surface area contributed by atoms with Gasteiger partial charge in [-0.05, 0) is 12.0 Å². The number of amides is 1. The number of pyridine rings is 1. The second-order valence-electron chi connectivity index (χ2n) is 4.93. The minimum absolute atomic E-state index is 0.0735. The minimum Gasteiger partial charge on any atom is -0.320 e. The number of aromatic nitrogens is 1. The van der Waals surface area contributed by atoms with E-state index >= 15 is 0 Å². The predicted molar refractivity (Wildman–Crippen MR) is 80.3 cm³/mol. The van der Waals surface area contributed by atoms with Gasteiger partial charge < -0.3 is 5.73 Å². The van der Waals surface area contributed by atoms with E-state index in [9.17, 15) is 4.79 Å². The highest BCUT2D eigenvalue weighted by Crippen LogP contribution is 2.13. The number of rotatable bonds is 4. The summed E-state index contributed by atoms with van der Waals surface area (Å²) in [5.41, 5.74) is 9.88. The van der Waals surface area contributed by atoms with Gasteiger partial charge in [-0.1, -0.05) is 38.1 Å². The summed E-state index contributed by atoms with van der Waals surface area (Å²) in [5.74, 6) is -0.214. The maximum absolute atomic E-state index is 11.7. The average Bonchev–Trinajstić information content (AvgIpc) is 2.46. The average molecular weight is 270 g/mol. The Bertz CT molecular complexity index is 631. The molecule has 5 heteroatoms. The van der Waals surface area contributed by atoms with Crippen LogP contribution in [0.3, 0.4) is 0 Å². The molecule has 0 aliphatic rings. The first kappa shape index (κ1) is 14.1. The molecule has 2 aromatic rings. The molecule has 0 bridgehead atoms. The number of para-hydroxylation sites is 1. The van der Waals surface area contributed by atoms with E-state index in [4.69, 9.17) is 5.73 Å². The van der Waals surface area contributed by atoms with Crippen LogP contribution >= 0.6 is 0 Å². The standard InChI is InChI=1S/C15H18N4O/c1-10(2)13(16)15(20)19-18-9-12-6-3-5-11-7-4-8-17-14(11)12/h3-10,13H,16H2,1-2H3,(H,19,20)/t13-/m1/s1. The number of carbonyl (C=O) groups excluding carboxylic acids is 1. The maximum atomic E-state index is 11.7. The highest BCUT2D eigenvalue weighted by atomic mass is 16.2. The fourth-order valence-corrected chi connectivity index (χ4v) is 1.77. The van der Waals surface area contributed by atoms with E-state index in [1.165, 1.54) is 0 Å². The van der Waals surface area contributed by atoms with Crippen molar-refractivity contribution in [3.8, 4) is 0 Å². The third kappa shape index (κ3) is 3.19. The molecule has 1 atom stereocenters. The van der Waals surface area contributed by atoms with Crippen LogP contribution in [0.15, 0.2) is 41.6 Å². The molecule has 1 amide bonds. The van der Waals surface area contributed by atoms with Gasteiger partial charge in [0.05, 0.1) is 17.8 Å². The quantitative estimate of drug-likeness (QED) is 0.655. The van der Waals surface area contributed by atoms with E-state index in [0.29, 0.717) is 0 Å². The van der Waals surface area contributed by atoms with Gasteiger partial charge in [0.1, 0.15) is 0 Å². The first-order valence-corrected chi connectivity index (χ1v) is 6.52.